The van der Waals surface area contributed by atoms with Crippen LogP contribution in [0.15, 0.2) is 34.9 Å². The number of hydrogen-bond acceptors (Lipinski definition) is 3. The predicted molar refractivity (Wildman–Crippen MR) is 124 cm³/mol. The minimum Gasteiger partial charge on any atom is -0.392 e. The van der Waals surface area contributed by atoms with Gasteiger partial charge in [-0.25, -0.2) is 0 Å². The molecule has 0 saturated heterocycles. The summed E-state index contributed by atoms with van der Waals surface area (Å²) in [5.74, 6) is 1.55. The van der Waals surface area contributed by atoms with E-state index in [0.717, 1.165) is 43.1 Å². The molecule has 3 fully saturated rings. The van der Waals surface area contributed by atoms with Crippen LogP contribution >= 0.6 is 0 Å². The lowest BCUT2D eigenvalue weighted by Crippen LogP contribution is -2.33. The zero-order chi connectivity index (χ0) is 21.8. The highest BCUT2D eigenvalue weighted by atomic mass is 16.3. The van der Waals surface area contributed by atoms with Crippen molar-refractivity contribution in [2.45, 2.75) is 110 Å². The van der Waals surface area contributed by atoms with E-state index in [2.05, 4.69) is 19.1 Å². The average molecular weight is 417 g/mol. The zero-order valence-electron chi connectivity index (χ0n) is 19.5. The molecule has 0 aromatic heterocycles. The van der Waals surface area contributed by atoms with Gasteiger partial charge >= 0.3 is 0 Å². The Hall–Kier alpha value is -0.900. The van der Waals surface area contributed by atoms with Crippen LogP contribution in [0, 0.1) is 17.3 Å². The van der Waals surface area contributed by atoms with Gasteiger partial charge in [0.05, 0.1) is 18.3 Å². The quantitative estimate of drug-likeness (QED) is 0.360. The van der Waals surface area contributed by atoms with E-state index in [-0.39, 0.29) is 6.61 Å². The molecule has 3 aliphatic carbocycles. The largest absolute Gasteiger partial charge is 0.392 e. The fraction of sp³-hybridized carbons (Fsp3) is 0.778. The Kier molecular flexibility index (Phi) is 8.03. The first-order valence-electron chi connectivity index (χ1n) is 12.3. The van der Waals surface area contributed by atoms with Crippen LogP contribution in [-0.2, 0) is 0 Å². The second-order valence-corrected chi connectivity index (χ2v) is 11.0. The highest BCUT2D eigenvalue weighted by Gasteiger charge is 2.48. The minimum atomic E-state index is -0.530. The number of aliphatic hydroxyl groups excluding tert-OH is 2. The van der Waals surface area contributed by atoms with Gasteiger partial charge in [0.2, 0.25) is 0 Å². The Morgan fingerprint density at radius 3 is 2.57 bits per heavy atom. The van der Waals surface area contributed by atoms with Crippen molar-refractivity contribution in [3.63, 3.8) is 0 Å². The normalized spacial score (nSPS) is 36.6. The maximum Gasteiger partial charge on any atom is 0.0788 e. The van der Waals surface area contributed by atoms with Crippen LogP contribution in [0.2, 0.25) is 0 Å². The molecule has 3 N–H and O–H groups in total. The summed E-state index contributed by atoms with van der Waals surface area (Å²) in [6, 6.07) is 0. The van der Waals surface area contributed by atoms with Gasteiger partial charge in [-0.3, -0.25) is 0 Å². The minimum absolute atomic E-state index is 0.0225. The van der Waals surface area contributed by atoms with Gasteiger partial charge in [-0.1, -0.05) is 49.1 Å². The van der Waals surface area contributed by atoms with Gasteiger partial charge in [0.25, 0.3) is 0 Å². The fourth-order valence-electron chi connectivity index (χ4n) is 6.45. The van der Waals surface area contributed by atoms with Gasteiger partial charge in [0.15, 0.2) is 0 Å². The summed E-state index contributed by atoms with van der Waals surface area (Å²) >= 11 is 0. The molecule has 0 aromatic carbocycles. The van der Waals surface area contributed by atoms with Crippen molar-refractivity contribution in [3.05, 3.63) is 34.9 Å². The van der Waals surface area contributed by atoms with Crippen LogP contribution in [0.1, 0.15) is 97.8 Å². The lowest BCUT2D eigenvalue weighted by molar-refractivity contribution is 0.0659. The lowest BCUT2D eigenvalue weighted by Gasteiger charge is -2.42. The van der Waals surface area contributed by atoms with Crippen LogP contribution in [0.4, 0.5) is 0 Å². The third-order valence-corrected chi connectivity index (χ3v) is 8.26. The van der Waals surface area contributed by atoms with Crippen molar-refractivity contribution >= 4 is 0 Å². The molecule has 3 aliphatic rings. The highest BCUT2D eigenvalue weighted by molar-refractivity contribution is 5.28. The summed E-state index contributed by atoms with van der Waals surface area (Å²) < 4.78 is 0. The van der Waals surface area contributed by atoms with Gasteiger partial charge in [-0.2, -0.15) is 0 Å². The molecule has 30 heavy (non-hydrogen) atoms. The highest BCUT2D eigenvalue weighted by Crippen LogP contribution is 2.58. The van der Waals surface area contributed by atoms with Gasteiger partial charge < -0.3 is 15.3 Å². The maximum atomic E-state index is 10.3. The molecule has 4 unspecified atom stereocenters. The molecule has 3 rings (SSSR count). The maximum absolute atomic E-state index is 10.3. The molecule has 0 heterocycles. The molecule has 0 amide bonds. The molecule has 4 atom stereocenters. The molecular formula is C27H44O3. The van der Waals surface area contributed by atoms with E-state index in [0.29, 0.717) is 11.8 Å². The third-order valence-electron chi connectivity index (χ3n) is 8.26. The van der Waals surface area contributed by atoms with Crippen LogP contribution in [0.3, 0.4) is 0 Å². The Morgan fingerprint density at radius 2 is 1.87 bits per heavy atom. The summed E-state index contributed by atoms with van der Waals surface area (Å²) in [4.78, 5) is 0. The van der Waals surface area contributed by atoms with Gasteiger partial charge in [-0.15, -0.1) is 0 Å². The van der Waals surface area contributed by atoms with E-state index in [9.17, 15) is 10.2 Å². The molecule has 0 aromatic rings. The van der Waals surface area contributed by atoms with Crippen LogP contribution in [0.5, 0.6) is 0 Å². The zero-order valence-corrected chi connectivity index (χ0v) is 19.5. The molecule has 0 bridgehead atoms. The second-order valence-electron chi connectivity index (χ2n) is 11.0. The van der Waals surface area contributed by atoms with Crippen LogP contribution < -0.4 is 0 Å². The Bertz CT molecular complexity index is 666. The van der Waals surface area contributed by atoms with Crippen molar-refractivity contribution in [2.75, 3.05) is 6.61 Å². The third kappa shape index (κ3) is 5.87. The average Bonchev–Trinajstić information content (AvgIpc) is 3.01. The first-order chi connectivity index (χ1) is 14.2. The van der Waals surface area contributed by atoms with Gasteiger partial charge in [0, 0.05) is 0 Å². The number of hydrogen-bond donors (Lipinski definition) is 3. The van der Waals surface area contributed by atoms with Gasteiger partial charge in [0.1, 0.15) is 0 Å². The summed E-state index contributed by atoms with van der Waals surface area (Å²) in [5, 5.41) is 29.4. The fourth-order valence-corrected chi connectivity index (χ4v) is 6.45. The van der Waals surface area contributed by atoms with E-state index in [1.54, 1.807) is 11.6 Å². The van der Waals surface area contributed by atoms with E-state index in [4.69, 9.17) is 5.11 Å². The number of rotatable bonds is 7. The van der Waals surface area contributed by atoms with E-state index >= 15 is 0 Å². The predicted octanol–water partition coefficient (Wildman–Crippen LogP) is 5.85. The number of fused-ring (bicyclic) bond motifs is 1. The number of aliphatic hydroxyl groups is 3. The molecular weight excluding hydrogens is 372 g/mol. The smallest absolute Gasteiger partial charge is 0.0788 e. The van der Waals surface area contributed by atoms with Crippen LogP contribution in [-0.4, -0.2) is 33.6 Å². The van der Waals surface area contributed by atoms with Crippen molar-refractivity contribution in [3.8, 4) is 0 Å². The first kappa shape index (κ1) is 23.8. The molecule has 170 valence electrons. The first-order valence-corrected chi connectivity index (χ1v) is 12.3. The summed E-state index contributed by atoms with van der Waals surface area (Å²) in [7, 11) is 0. The number of unbranched alkanes of at least 4 members (excludes halogenated alkanes) is 1. The molecule has 0 spiro atoms. The Balaban J connectivity index is 1.60. The number of allylic oxidation sites excluding steroid dienone is 3. The van der Waals surface area contributed by atoms with Crippen molar-refractivity contribution in [2.24, 2.45) is 17.3 Å². The molecule has 0 aliphatic heterocycles. The van der Waals surface area contributed by atoms with Crippen molar-refractivity contribution in [1.29, 1.82) is 0 Å². The summed E-state index contributed by atoms with van der Waals surface area (Å²) in [5.41, 5.74) is 3.90. The summed E-state index contributed by atoms with van der Waals surface area (Å²) in [6.07, 6.45) is 19.8. The van der Waals surface area contributed by atoms with Crippen molar-refractivity contribution in [1.82, 2.24) is 0 Å². The topological polar surface area (TPSA) is 60.7 Å². The second kappa shape index (κ2) is 10.1. The monoisotopic (exact) mass is 416 g/mol. The lowest BCUT2D eigenvalue weighted by atomic mass is 9.62. The molecule has 3 heteroatoms. The summed E-state index contributed by atoms with van der Waals surface area (Å²) in [6.45, 7) is 6.40. The van der Waals surface area contributed by atoms with E-state index in [1.165, 1.54) is 50.5 Å². The van der Waals surface area contributed by atoms with E-state index < -0.39 is 11.7 Å². The Labute approximate surface area is 184 Å². The van der Waals surface area contributed by atoms with Crippen molar-refractivity contribution < 1.29 is 15.3 Å². The molecule has 0 radical (unpaired) electrons. The Morgan fingerprint density at radius 1 is 1.07 bits per heavy atom. The van der Waals surface area contributed by atoms with E-state index in [1.807, 2.05) is 13.8 Å². The SMILES string of the molecule is CC(C)(O)CCCCC1CCC2/C(=C/C=C3/CC/C(=C\CO)C(O)C3)CCCC12C. The van der Waals surface area contributed by atoms with Gasteiger partial charge in [-0.05, 0) is 101 Å². The standard InChI is InChI=1S/C27H44O3/c1-26(2,30)16-5-4-8-23-13-14-24-21(7-6-17-27(23,24)3)11-9-20-10-12-22(15-18-28)25(29)19-20/h9,11,15,23-25,28-30H,4-8,10,12-14,16-19H2,1-3H3/b20-9-,21-11+,22-15+. The van der Waals surface area contributed by atoms with Crippen LogP contribution in [0.25, 0.3) is 0 Å². The molecule has 3 nitrogen and oxygen atoms in total. The molecule has 3 saturated carbocycles.